The molecule has 146 valence electrons. The Labute approximate surface area is 164 Å². The highest BCUT2D eigenvalue weighted by molar-refractivity contribution is 6.26. The summed E-state index contributed by atoms with van der Waals surface area (Å²) in [6.45, 7) is 1.85. The first-order valence-corrected chi connectivity index (χ1v) is 9.15. The number of non-ortho nitro benzene ring substituents is 1. The summed E-state index contributed by atoms with van der Waals surface area (Å²) in [6.07, 6.45) is 0. The molecule has 5 rings (SSSR count). The van der Waals surface area contributed by atoms with E-state index in [1.54, 1.807) is 31.2 Å². The van der Waals surface area contributed by atoms with E-state index in [9.17, 15) is 24.5 Å². The molecule has 2 aromatic carbocycles. The summed E-state index contributed by atoms with van der Waals surface area (Å²) < 4.78 is 0. The van der Waals surface area contributed by atoms with Crippen molar-refractivity contribution in [3.63, 3.8) is 0 Å². The molecular formula is C20H16N4O5. The Hall–Kier alpha value is -3.59. The third kappa shape index (κ3) is 2.10. The van der Waals surface area contributed by atoms with Crippen molar-refractivity contribution < 1.29 is 19.3 Å². The molecule has 3 heterocycles. The highest BCUT2D eigenvalue weighted by Crippen LogP contribution is 2.51. The quantitative estimate of drug-likeness (QED) is 0.453. The summed E-state index contributed by atoms with van der Waals surface area (Å²) >= 11 is 0. The highest BCUT2D eigenvalue weighted by atomic mass is 16.6. The minimum absolute atomic E-state index is 0.168. The number of nitrogens with one attached hydrogen (secondary N) is 2. The topological polar surface area (TPSA) is 122 Å². The van der Waals surface area contributed by atoms with Crippen LogP contribution in [0.3, 0.4) is 0 Å². The maximum Gasteiger partial charge on any atom is 0.271 e. The van der Waals surface area contributed by atoms with Crippen LogP contribution < -0.4 is 15.5 Å². The Bertz CT molecular complexity index is 1130. The van der Waals surface area contributed by atoms with Crippen molar-refractivity contribution in [3.05, 3.63) is 63.7 Å². The van der Waals surface area contributed by atoms with Gasteiger partial charge in [0.2, 0.25) is 17.7 Å². The molecule has 2 saturated heterocycles. The zero-order valence-electron chi connectivity index (χ0n) is 15.3. The summed E-state index contributed by atoms with van der Waals surface area (Å²) in [6, 6.07) is 11.1. The number of hydrogen-bond acceptors (Lipinski definition) is 6. The average molecular weight is 392 g/mol. The number of benzene rings is 2. The number of nitro groups is 1. The van der Waals surface area contributed by atoms with E-state index < -0.39 is 34.1 Å². The molecule has 0 aliphatic carbocycles. The Morgan fingerprint density at radius 3 is 2.66 bits per heavy atom. The number of nitrogens with zero attached hydrogens (tertiary/aromatic N) is 2. The van der Waals surface area contributed by atoms with Gasteiger partial charge in [-0.15, -0.1) is 0 Å². The van der Waals surface area contributed by atoms with Crippen molar-refractivity contribution in [3.8, 4) is 0 Å². The van der Waals surface area contributed by atoms with Crippen LogP contribution in [0, 0.1) is 28.9 Å². The van der Waals surface area contributed by atoms with Crippen molar-refractivity contribution in [1.29, 1.82) is 0 Å². The predicted molar refractivity (Wildman–Crippen MR) is 102 cm³/mol. The molecule has 3 aliphatic heterocycles. The maximum absolute atomic E-state index is 13.5. The lowest BCUT2D eigenvalue weighted by molar-refractivity contribution is -0.384. The van der Waals surface area contributed by atoms with Crippen LogP contribution >= 0.6 is 0 Å². The first-order chi connectivity index (χ1) is 13.9. The first-order valence-electron chi connectivity index (χ1n) is 9.15. The second-order valence-electron chi connectivity index (χ2n) is 7.51. The minimum atomic E-state index is -1.32. The van der Waals surface area contributed by atoms with Crippen molar-refractivity contribution in [2.45, 2.75) is 12.5 Å². The van der Waals surface area contributed by atoms with Crippen LogP contribution in [0.1, 0.15) is 11.1 Å². The van der Waals surface area contributed by atoms with Crippen LogP contribution in [0.5, 0.6) is 0 Å². The lowest BCUT2D eigenvalue weighted by Crippen LogP contribution is -2.51. The number of imide groups is 1. The Morgan fingerprint density at radius 1 is 1.14 bits per heavy atom. The first kappa shape index (κ1) is 17.5. The van der Waals surface area contributed by atoms with E-state index in [4.69, 9.17) is 0 Å². The smallest absolute Gasteiger partial charge is 0.271 e. The molecule has 2 fully saturated rings. The van der Waals surface area contributed by atoms with Gasteiger partial charge >= 0.3 is 0 Å². The number of nitro benzene ring substituents is 1. The molecule has 29 heavy (non-hydrogen) atoms. The van der Waals surface area contributed by atoms with Gasteiger partial charge in [-0.1, -0.05) is 24.3 Å². The lowest BCUT2D eigenvalue weighted by atomic mass is 9.77. The molecule has 0 bridgehead atoms. The third-order valence-electron chi connectivity index (χ3n) is 6.10. The number of aryl methyl sites for hydroxylation is 1. The van der Waals surface area contributed by atoms with E-state index in [-0.39, 0.29) is 23.8 Å². The highest BCUT2D eigenvalue weighted by Gasteiger charge is 2.67. The van der Waals surface area contributed by atoms with Gasteiger partial charge in [0.15, 0.2) is 0 Å². The number of hydrogen-bond donors (Lipinski definition) is 2. The van der Waals surface area contributed by atoms with Gasteiger partial charge in [-0.25, -0.2) is 4.90 Å². The van der Waals surface area contributed by atoms with Gasteiger partial charge in [0.1, 0.15) is 5.54 Å². The molecule has 0 saturated carbocycles. The van der Waals surface area contributed by atoms with Crippen LogP contribution in [-0.4, -0.2) is 29.2 Å². The molecule has 2 aromatic rings. The van der Waals surface area contributed by atoms with Gasteiger partial charge in [0.05, 0.1) is 22.4 Å². The minimum Gasteiger partial charge on any atom is -0.324 e. The molecule has 0 aromatic heterocycles. The molecule has 3 aliphatic rings. The van der Waals surface area contributed by atoms with E-state index in [0.29, 0.717) is 16.8 Å². The van der Waals surface area contributed by atoms with E-state index in [1.807, 2.05) is 0 Å². The maximum atomic E-state index is 13.5. The van der Waals surface area contributed by atoms with E-state index in [2.05, 4.69) is 10.6 Å². The van der Waals surface area contributed by atoms with Gasteiger partial charge < -0.3 is 5.32 Å². The summed E-state index contributed by atoms with van der Waals surface area (Å²) in [5.74, 6) is -2.99. The Kier molecular flexibility index (Phi) is 3.45. The molecule has 9 heteroatoms. The molecule has 2 N–H and O–H groups in total. The predicted octanol–water partition coefficient (Wildman–Crippen LogP) is 1.46. The summed E-state index contributed by atoms with van der Waals surface area (Å²) in [5, 5.41) is 17.1. The fourth-order valence-corrected chi connectivity index (χ4v) is 4.75. The average Bonchev–Trinajstić information content (AvgIpc) is 3.30. The van der Waals surface area contributed by atoms with Crippen molar-refractivity contribution >= 4 is 34.8 Å². The van der Waals surface area contributed by atoms with Gasteiger partial charge in [-0.2, -0.15) is 0 Å². The molecule has 0 unspecified atom stereocenters. The number of anilines is 2. The zero-order chi connectivity index (χ0) is 20.5. The van der Waals surface area contributed by atoms with Gasteiger partial charge in [-0.05, 0) is 18.6 Å². The molecule has 3 atom stereocenters. The van der Waals surface area contributed by atoms with E-state index in [1.165, 1.54) is 18.2 Å². The van der Waals surface area contributed by atoms with E-state index in [0.717, 1.165) is 4.90 Å². The van der Waals surface area contributed by atoms with Crippen LogP contribution in [0.15, 0.2) is 42.5 Å². The second-order valence-corrected chi connectivity index (χ2v) is 7.51. The van der Waals surface area contributed by atoms with E-state index >= 15 is 0 Å². The van der Waals surface area contributed by atoms with Crippen LogP contribution in [0.2, 0.25) is 0 Å². The standard InChI is InChI=1S/C20H16N4O5/c1-10-6-7-11(24(28)29)8-15(10)23-17(25)12-9-21-20(16(12)18(23)26)13-4-2-3-5-14(13)22-19(20)27/h2-8,12,16,21H,9H2,1H3,(H,22,27)/t12-,16+,20+/m1/s1. The number of fused-ring (bicyclic) bond motifs is 4. The third-order valence-corrected chi connectivity index (χ3v) is 6.10. The number of para-hydroxylation sites is 1. The van der Waals surface area contributed by atoms with Crippen LogP contribution in [-0.2, 0) is 19.9 Å². The molecule has 9 nitrogen and oxygen atoms in total. The fourth-order valence-electron chi connectivity index (χ4n) is 4.75. The van der Waals surface area contributed by atoms with Crippen molar-refractivity contribution in [1.82, 2.24) is 5.32 Å². The fraction of sp³-hybridized carbons (Fsp3) is 0.250. The second kappa shape index (κ2) is 5.71. The molecule has 0 radical (unpaired) electrons. The number of amides is 3. The van der Waals surface area contributed by atoms with Crippen LogP contribution in [0.25, 0.3) is 0 Å². The SMILES string of the molecule is Cc1ccc([N+](=O)[O-])cc1N1C(=O)[C@@H]2[C@@H](CN[C@]23C(=O)Nc2ccccc23)C1=O. The monoisotopic (exact) mass is 392 g/mol. The summed E-state index contributed by atoms with van der Waals surface area (Å²) in [7, 11) is 0. The van der Waals surface area contributed by atoms with Gasteiger partial charge in [0, 0.05) is 29.9 Å². The zero-order valence-corrected chi connectivity index (χ0v) is 15.3. The number of carbonyl (C=O) groups is 3. The number of carbonyl (C=O) groups excluding carboxylic acids is 3. The molecule has 1 spiro atoms. The Morgan fingerprint density at radius 2 is 1.90 bits per heavy atom. The van der Waals surface area contributed by atoms with Gasteiger partial charge in [0.25, 0.3) is 5.69 Å². The lowest BCUT2D eigenvalue weighted by Gasteiger charge is -2.28. The molecule has 3 amide bonds. The summed E-state index contributed by atoms with van der Waals surface area (Å²) in [4.78, 5) is 51.2. The van der Waals surface area contributed by atoms with Crippen molar-refractivity contribution in [2.24, 2.45) is 11.8 Å². The summed E-state index contributed by atoms with van der Waals surface area (Å²) in [5.41, 5.74) is 0.463. The van der Waals surface area contributed by atoms with Gasteiger partial charge in [-0.3, -0.25) is 29.8 Å². The van der Waals surface area contributed by atoms with Crippen molar-refractivity contribution in [2.75, 3.05) is 16.8 Å². The van der Waals surface area contributed by atoms with Crippen LogP contribution in [0.4, 0.5) is 17.1 Å². The molecular weight excluding hydrogens is 376 g/mol. The normalized spacial score (nSPS) is 27.3. The Balaban J connectivity index is 1.63. The number of rotatable bonds is 2. The largest absolute Gasteiger partial charge is 0.324 e.